The molecule has 1 heterocycles. The van der Waals surface area contributed by atoms with Gasteiger partial charge in [0, 0.05) is 19.6 Å². The summed E-state index contributed by atoms with van der Waals surface area (Å²) in [6.45, 7) is 2.73. The Morgan fingerprint density at radius 2 is 2.35 bits per heavy atom. The Balaban J connectivity index is 2.07. The predicted molar refractivity (Wildman–Crippen MR) is 69.0 cm³/mol. The quantitative estimate of drug-likeness (QED) is 0.917. The summed E-state index contributed by atoms with van der Waals surface area (Å²) in [7, 11) is 1.64. The topological polar surface area (TPSA) is 41.6 Å². The van der Waals surface area contributed by atoms with Crippen LogP contribution in [0.5, 0.6) is 5.75 Å². The van der Waals surface area contributed by atoms with E-state index in [1.807, 2.05) is 23.1 Å². The summed E-state index contributed by atoms with van der Waals surface area (Å²) in [6, 6.07) is 5.89. The molecule has 1 aliphatic rings. The first-order valence-electron chi connectivity index (χ1n) is 5.51. The van der Waals surface area contributed by atoms with Gasteiger partial charge in [-0.25, -0.2) is 0 Å². The third-order valence-corrected chi connectivity index (χ3v) is 3.40. The standard InChI is InChI=1S/C12H15BrN2O2/c1-17-11-3-2-9(6-10(11)13)8-15-5-4-14-7-12(15)16/h2-3,6,14H,4-5,7-8H2,1H3. The van der Waals surface area contributed by atoms with Gasteiger partial charge >= 0.3 is 0 Å². The Bertz CT molecular complexity index is 423. The molecule has 0 bridgehead atoms. The monoisotopic (exact) mass is 298 g/mol. The summed E-state index contributed by atoms with van der Waals surface area (Å²) in [5, 5.41) is 3.06. The summed E-state index contributed by atoms with van der Waals surface area (Å²) in [6.07, 6.45) is 0. The lowest BCUT2D eigenvalue weighted by Crippen LogP contribution is -2.47. The van der Waals surface area contributed by atoms with Crippen LogP contribution in [0.3, 0.4) is 0 Å². The van der Waals surface area contributed by atoms with Gasteiger partial charge in [0.2, 0.25) is 5.91 Å². The zero-order chi connectivity index (χ0) is 12.3. The van der Waals surface area contributed by atoms with Gasteiger partial charge in [-0.15, -0.1) is 0 Å². The first-order valence-corrected chi connectivity index (χ1v) is 6.31. The number of nitrogens with one attached hydrogen (secondary N) is 1. The maximum atomic E-state index is 11.6. The van der Waals surface area contributed by atoms with E-state index in [4.69, 9.17) is 4.74 Å². The SMILES string of the molecule is COc1ccc(CN2CCNCC2=O)cc1Br. The van der Waals surface area contributed by atoms with Gasteiger partial charge in [0.05, 0.1) is 18.1 Å². The number of nitrogens with zero attached hydrogens (tertiary/aromatic N) is 1. The Kier molecular flexibility index (Phi) is 4.02. The lowest BCUT2D eigenvalue weighted by atomic mass is 10.2. The highest BCUT2D eigenvalue weighted by Crippen LogP contribution is 2.26. The van der Waals surface area contributed by atoms with E-state index in [1.165, 1.54) is 0 Å². The number of ether oxygens (including phenoxy) is 1. The highest BCUT2D eigenvalue weighted by Gasteiger charge is 2.17. The van der Waals surface area contributed by atoms with Gasteiger partial charge < -0.3 is 15.0 Å². The molecular formula is C12H15BrN2O2. The number of carbonyl (C=O) groups is 1. The molecule has 1 aromatic rings. The summed E-state index contributed by atoms with van der Waals surface area (Å²) >= 11 is 3.45. The minimum absolute atomic E-state index is 0.156. The molecule has 1 saturated heterocycles. The zero-order valence-corrected chi connectivity index (χ0v) is 11.3. The fourth-order valence-corrected chi connectivity index (χ4v) is 2.43. The Labute approximate surface area is 109 Å². The van der Waals surface area contributed by atoms with Crippen LogP contribution in [0.2, 0.25) is 0 Å². The van der Waals surface area contributed by atoms with Crippen LogP contribution in [0.1, 0.15) is 5.56 Å². The maximum absolute atomic E-state index is 11.6. The van der Waals surface area contributed by atoms with E-state index in [1.54, 1.807) is 7.11 Å². The number of hydrogen-bond donors (Lipinski definition) is 1. The maximum Gasteiger partial charge on any atom is 0.236 e. The van der Waals surface area contributed by atoms with Crippen molar-refractivity contribution in [1.82, 2.24) is 10.2 Å². The molecule has 1 amide bonds. The van der Waals surface area contributed by atoms with E-state index in [-0.39, 0.29) is 5.91 Å². The minimum Gasteiger partial charge on any atom is -0.496 e. The van der Waals surface area contributed by atoms with Crippen molar-refractivity contribution in [3.63, 3.8) is 0 Å². The first-order chi connectivity index (χ1) is 8.20. The van der Waals surface area contributed by atoms with Gasteiger partial charge in [0.25, 0.3) is 0 Å². The molecule has 0 spiro atoms. The van der Waals surface area contributed by atoms with E-state index in [0.29, 0.717) is 13.1 Å². The molecule has 92 valence electrons. The van der Waals surface area contributed by atoms with Crippen molar-refractivity contribution in [3.05, 3.63) is 28.2 Å². The van der Waals surface area contributed by atoms with Gasteiger partial charge in [-0.1, -0.05) is 6.07 Å². The van der Waals surface area contributed by atoms with Gasteiger partial charge in [0.1, 0.15) is 5.75 Å². The summed E-state index contributed by atoms with van der Waals surface area (Å²) in [4.78, 5) is 13.5. The minimum atomic E-state index is 0.156. The van der Waals surface area contributed by atoms with Crippen molar-refractivity contribution < 1.29 is 9.53 Å². The van der Waals surface area contributed by atoms with E-state index in [2.05, 4.69) is 21.2 Å². The molecule has 1 fully saturated rings. The Morgan fingerprint density at radius 3 is 3.00 bits per heavy atom. The highest BCUT2D eigenvalue weighted by atomic mass is 79.9. The number of methoxy groups -OCH3 is 1. The van der Waals surface area contributed by atoms with Crippen molar-refractivity contribution in [2.75, 3.05) is 26.7 Å². The fourth-order valence-electron chi connectivity index (χ4n) is 1.84. The fraction of sp³-hybridized carbons (Fsp3) is 0.417. The third-order valence-electron chi connectivity index (χ3n) is 2.78. The van der Waals surface area contributed by atoms with Crippen LogP contribution in [0.4, 0.5) is 0 Å². The average molecular weight is 299 g/mol. The zero-order valence-electron chi connectivity index (χ0n) is 9.70. The second-order valence-corrected chi connectivity index (χ2v) is 4.82. The molecule has 4 nitrogen and oxygen atoms in total. The number of benzene rings is 1. The van der Waals surface area contributed by atoms with Crippen LogP contribution in [0.25, 0.3) is 0 Å². The van der Waals surface area contributed by atoms with Crippen molar-refractivity contribution in [2.24, 2.45) is 0 Å². The molecule has 5 heteroatoms. The number of hydrogen-bond acceptors (Lipinski definition) is 3. The smallest absolute Gasteiger partial charge is 0.236 e. The molecule has 0 atom stereocenters. The van der Waals surface area contributed by atoms with Crippen LogP contribution in [-0.4, -0.2) is 37.6 Å². The molecule has 1 aliphatic heterocycles. The Hall–Kier alpha value is -1.07. The van der Waals surface area contributed by atoms with Crippen LogP contribution in [0.15, 0.2) is 22.7 Å². The van der Waals surface area contributed by atoms with Crippen molar-refractivity contribution in [3.8, 4) is 5.75 Å². The van der Waals surface area contributed by atoms with Crippen molar-refractivity contribution in [2.45, 2.75) is 6.54 Å². The number of piperazine rings is 1. The summed E-state index contributed by atoms with van der Waals surface area (Å²) < 4.78 is 6.09. The second kappa shape index (κ2) is 5.51. The summed E-state index contributed by atoms with van der Waals surface area (Å²) in [5.41, 5.74) is 1.10. The summed E-state index contributed by atoms with van der Waals surface area (Å²) in [5.74, 6) is 0.962. The molecule has 0 unspecified atom stereocenters. The molecule has 0 radical (unpaired) electrons. The molecular weight excluding hydrogens is 284 g/mol. The van der Waals surface area contributed by atoms with Gasteiger partial charge in [-0.2, -0.15) is 0 Å². The molecule has 1 aromatic carbocycles. The largest absolute Gasteiger partial charge is 0.496 e. The van der Waals surface area contributed by atoms with E-state index in [9.17, 15) is 4.79 Å². The molecule has 0 saturated carbocycles. The Morgan fingerprint density at radius 1 is 1.53 bits per heavy atom. The van der Waals surface area contributed by atoms with Gasteiger partial charge in [0.15, 0.2) is 0 Å². The van der Waals surface area contributed by atoms with Crippen LogP contribution < -0.4 is 10.1 Å². The molecule has 17 heavy (non-hydrogen) atoms. The van der Waals surface area contributed by atoms with E-state index >= 15 is 0 Å². The number of carbonyl (C=O) groups excluding carboxylic acids is 1. The number of amides is 1. The third kappa shape index (κ3) is 2.98. The lowest BCUT2D eigenvalue weighted by molar-refractivity contribution is -0.132. The van der Waals surface area contributed by atoms with E-state index in [0.717, 1.165) is 28.9 Å². The van der Waals surface area contributed by atoms with Gasteiger partial charge in [-0.05, 0) is 33.6 Å². The van der Waals surface area contributed by atoms with Gasteiger partial charge in [-0.3, -0.25) is 4.79 Å². The van der Waals surface area contributed by atoms with Crippen molar-refractivity contribution in [1.29, 1.82) is 0 Å². The molecule has 0 aliphatic carbocycles. The lowest BCUT2D eigenvalue weighted by Gasteiger charge is -2.27. The second-order valence-electron chi connectivity index (χ2n) is 3.96. The van der Waals surface area contributed by atoms with Crippen molar-refractivity contribution >= 4 is 21.8 Å². The van der Waals surface area contributed by atoms with Crippen LogP contribution in [0, 0.1) is 0 Å². The molecule has 0 aromatic heterocycles. The number of rotatable bonds is 3. The molecule has 1 N–H and O–H groups in total. The first kappa shape index (κ1) is 12.4. The molecule has 2 rings (SSSR count). The van der Waals surface area contributed by atoms with Crippen LogP contribution in [-0.2, 0) is 11.3 Å². The van der Waals surface area contributed by atoms with Crippen LogP contribution >= 0.6 is 15.9 Å². The highest BCUT2D eigenvalue weighted by molar-refractivity contribution is 9.10. The van der Waals surface area contributed by atoms with E-state index < -0.39 is 0 Å². The normalized spacial score (nSPS) is 16.1. The number of halogens is 1. The average Bonchev–Trinajstić information content (AvgIpc) is 2.32. The predicted octanol–water partition coefficient (Wildman–Crippen LogP) is 1.39.